The van der Waals surface area contributed by atoms with Crippen molar-refractivity contribution in [3.63, 3.8) is 0 Å². The lowest BCUT2D eigenvalue weighted by molar-refractivity contribution is -0.139. The molecule has 152 valence electrons. The van der Waals surface area contributed by atoms with Gasteiger partial charge in [0.2, 0.25) is 5.91 Å². The lowest BCUT2D eigenvalue weighted by Crippen LogP contribution is -2.45. The maximum Gasteiger partial charge on any atom is 0.317 e. The highest BCUT2D eigenvalue weighted by Crippen LogP contribution is 2.45. The second kappa shape index (κ2) is 8.11. The molecule has 6 heteroatoms. The van der Waals surface area contributed by atoms with E-state index in [1.807, 2.05) is 21.9 Å². The minimum absolute atomic E-state index is 0.0665. The fourth-order valence-electron chi connectivity index (χ4n) is 4.90. The third-order valence-electron chi connectivity index (χ3n) is 6.70. The van der Waals surface area contributed by atoms with Crippen LogP contribution in [0.1, 0.15) is 36.8 Å². The number of benzene rings is 1. The third kappa shape index (κ3) is 3.88. The van der Waals surface area contributed by atoms with Crippen LogP contribution >= 0.6 is 0 Å². The van der Waals surface area contributed by atoms with Crippen LogP contribution in [-0.2, 0) is 16.1 Å². The first-order valence-corrected chi connectivity index (χ1v) is 10.5. The number of aryl methyl sites for hydroxylation is 1. The number of nitrogens with zero attached hydrogens (tertiary/aromatic N) is 2. The zero-order valence-corrected chi connectivity index (χ0v) is 16.8. The quantitative estimate of drug-likeness (QED) is 0.870. The first-order valence-electron chi connectivity index (χ1n) is 10.5. The number of nitrogens with one attached hydrogen (secondary N) is 1. The topological polar surface area (TPSA) is 61.9 Å². The number of carbonyl (C=O) groups excluding carboxylic acids is 2. The number of hydrogen-bond acceptors (Lipinski definition) is 3. The van der Waals surface area contributed by atoms with Gasteiger partial charge in [0.25, 0.3) is 0 Å². The highest BCUT2D eigenvalue weighted by atomic mass is 16.5. The smallest absolute Gasteiger partial charge is 0.317 e. The van der Waals surface area contributed by atoms with E-state index in [9.17, 15) is 9.59 Å². The highest BCUT2D eigenvalue weighted by molar-refractivity contribution is 5.83. The Labute approximate surface area is 167 Å². The second-order valence-corrected chi connectivity index (χ2v) is 8.58. The van der Waals surface area contributed by atoms with Crippen molar-refractivity contribution in [1.82, 2.24) is 15.1 Å². The Morgan fingerprint density at radius 2 is 1.79 bits per heavy atom. The number of ether oxygens (including phenoxy) is 1. The SMILES string of the molecule is Cc1ccc(CNC(=O)N2C[C@H](C(=O)N3CCCC3)C3(CCOCC3)C2)cc1. The van der Waals surface area contributed by atoms with Gasteiger partial charge in [0, 0.05) is 51.4 Å². The molecule has 3 aliphatic rings. The Hall–Kier alpha value is -2.08. The Morgan fingerprint density at radius 3 is 2.46 bits per heavy atom. The molecule has 1 aromatic carbocycles. The van der Waals surface area contributed by atoms with E-state index in [4.69, 9.17) is 4.74 Å². The van der Waals surface area contributed by atoms with Crippen LogP contribution in [0.5, 0.6) is 0 Å². The maximum atomic E-state index is 13.2. The van der Waals surface area contributed by atoms with Crippen LogP contribution in [0.25, 0.3) is 0 Å². The predicted molar refractivity (Wildman–Crippen MR) is 107 cm³/mol. The van der Waals surface area contributed by atoms with Crippen LogP contribution in [0, 0.1) is 18.3 Å². The monoisotopic (exact) mass is 385 g/mol. The summed E-state index contributed by atoms with van der Waals surface area (Å²) < 4.78 is 5.58. The lowest BCUT2D eigenvalue weighted by atomic mass is 9.71. The molecule has 28 heavy (non-hydrogen) atoms. The Kier molecular flexibility index (Phi) is 5.58. The van der Waals surface area contributed by atoms with Gasteiger partial charge in [-0.15, -0.1) is 0 Å². The number of hydrogen-bond donors (Lipinski definition) is 1. The fourth-order valence-corrected chi connectivity index (χ4v) is 4.90. The number of rotatable bonds is 3. The van der Waals surface area contributed by atoms with Crippen molar-refractivity contribution < 1.29 is 14.3 Å². The van der Waals surface area contributed by atoms with Crippen molar-refractivity contribution in [2.75, 3.05) is 39.4 Å². The maximum absolute atomic E-state index is 13.2. The van der Waals surface area contributed by atoms with Gasteiger partial charge in [-0.25, -0.2) is 4.79 Å². The molecule has 1 spiro atoms. The molecule has 3 amide bonds. The average Bonchev–Trinajstić information content (AvgIpc) is 3.36. The summed E-state index contributed by atoms with van der Waals surface area (Å²) in [7, 11) is 0. The molecule has 6 nitrogen and oxygen atoms in total. The van der Waals surface area contributed by atoms with E-state index in [1.165, 1.54) is 5.56 Å². The van der Waals surface area contributed by atoms with E-state index < -0.39 is 0 Å². The summed E-state index contributed by atoms with van der Waals surface area (Å²) in [6.07, 6.45) is 3.91. The van der Waals surface area contributed by atoms with Gasteiger partial charge in [-0.3, -0.25) is 4.79 Å². The molecule has 3 aliphatic heterocycles. The summed E-state index contributed by atoms with van der Waals surface area (Å²) in [5, 5.41) is 3.04. The van der Waals surface area contributed by atoms with Crippen molar-refractivity contribution >= 4 is 11.9 Å². The number of amides is 3. The van der Waals surface area contributed by atoms with E-state index in [1.54, 1.807) is 0 Å². The van der Waals surface area contributed by atoms with Gasteiger partial charge < -0.3 is 19.9 Å². The van der Waals surface area contributed by atoms with Gasteiger partial charge in [-0.1, -0.05) is 29.8 Å². The molecule has 1 N–H and O–H groups in total. The average molecular weight is 386 g/mol. The van der Waals surface area contributed by atoms with Crippen LogP contribution in [0.3, 0.4) is 0 Å². The molecule has 0 saturated carbocycles. The molecule has 4 rings (SSSR count). The van der Waals surface area contributed by atoms with Gasteiger partial charge in [0.15, 0.2) is 0 Å². The minimum Gasteiger partial charge on any atom is -0.381 e. The summed E-state index contributed by atoms with van der Waals surface area (Å²) >= 11 is 0. The molecule has 1 aromatic rings. The summed E-state index contributed by atoms with van der Waals surface area (Å²) in [5.41, 5.74) is 2.17. The van der Waals surface area contributed by atoms with Gasteiger partial charge in [0.1, 0.15) is 0 Å². The number of urea groups is 1. The Bertz CT molecular complexity index is 706. The van der Waals surface area contributed by atoms with Crippen LogP contribution in [0.2, 0.25) is 0 Å². The zero-order chi connectivity index (χ0) is 19.6. The van der Waals surface area contributed by atoms with Crippen molar-refractivity contribution in [2.24, 2.45) is 11.3 Å². The van der Waals surface area contributed by atoms with Gasteiger partial charge in [0.05, 0.1) is 5.92 Å². The standard InChI is InChI=1S/C22H31N3O3/c1-17-4-6-18(7-5-17)14-23-21(27)25-15-19(20(26)24-10-2-3-11-24)22(16-25)8-12-28-13-9-22/h4-7,19H,2-3,8-16H2,1H3,(H,23,27)/t19-/m1/s1. The molecular formula is C22H31N3O3. The molecule has 0 aliphatic carbocycles. The van der Waals surface area contributed by atoms with Crippen LogP contribution in [0.4, 0.5) is 4.79 Å². The number of likely N-dealkylation sites (tertiary alicyclic amines) is 2. The van der Waals surface area contributed by atoms with Crippen LogP contribution in [0.15, 0.2) is 24.3 Å². The molecule has 0 aromatic heterocycles. The third-order valence-corrected chi connectivity index (χ3v) is 6.70. The van der Waals surface area contributed by atoms with E-state index in [-0.39, 0.29) is 23.3 Å². The van der Waals surface area contributed by atoms with Crippen molar-refractivity contribution in [3.8, 4) is 0 Å². The van der Waals surface area contributed by atoms with E-state index in [0.717, 1.165) is 44.3 Å². The Balaban J connectivity index is 1.43. The van der Waals surface area contributed by atoms with E-state index in [2.05, 4.69) is 24.4 Å². The molecule has 0 bridgehead atoms. The predicted octanol–water partition coefficient (Wildman–Crippen LogP) is 2.56. The molecule has 3 heterocycles. The van der Waals surface area contributed by atoms with Gasteiger partial charge in [-0.05, 0) is 38.2 Å². The summed E-state index contributed by atoms with van der Waals surface area (Å²) in [4.78, 5) is 30.0. The minimum atomic E-state index is -0.126. The van der Waals surface area contributed by atoms with E-state index in [0.29, 0.717) is 32.8 Å². The highest BCUT2D eigenvalue weighted by Gasteiger charge is 2.52. The molecule has 3 saturated heterocycles. The number of carbonyl (C=O) groups is 2. The van der Waals surface area contributed by atoms with Gasteiger partial charge in [-0.2, -0.15) is 0 Å². The van der Waals surface area contributed by atoms with Crippen molar-refractivity contribution in [3.05, 3.63) is 35.4 Å². The molecule has 0 unspecified atom stereocenters. The van der Waals surface area contributed by atoms with E-state index >= 15 is 0 Å². The first kappa shape index (κ1) is 19.2. The lowest BCUT2D eigenvalue weighted by Gasteiger charge is -2.38. The van der Waals surface area contributed by atoms with Crippen LogP contribution < -0.4 is 5.32 Å². The first-order chi connectivity index (χ1) is 13.6. The van der Waals surface area contributed by atoms with Crippen LogP contribution in [-0.4, -0.2) is 61.1 Å². The normalized spacial score (nSPS) is 24.0. The van der Waals surface area contributed by atoms with Crippen molar-refractivity contribution in [2.45, 2.75) is 39.2 Å². The summed E-state index contributed by atoms with van der Waals surface area (Å²) in [5.74, 6) is 0.146. The fraction of sp³-hybridized carbons (Fsp3) is 0.636. The van der Waals surface area contributed by atoms with Gasteiger partial charge >= 0.3 is 6.03 Å². The Morgan fingerprint density at radius 1 is 1.11 bits per heavy atom. The van der Waals surface area contributed by atoms with Crippen molar-refractivity contribution in [1.29, 1.82) is 0 Å². The summed E-state index contributed by atoms with van der Waals surface area (Å²) in [6, 6.07) is 8.12. The summed E-state index contributed by atoms with van der Waals surface area (Å²) in [6.45, 7) is 6.83. The second-order valence-electron chi connectivity index (χ2n) is 8.58. The molecule has 1 atom stereocenters. The molecular weight excluding hydrogens is 354 g/mol. The zero-order valence-electron chi connectivity index (χ0n) is 16.8. The molecule has 0 radical (unpaired) electrons. The molecule has 3 fully saturated rings. The largest absolute Gasteiger partial charge is 0.381 e.